The van der Waals surface area contributed by atoms with Gasteiger partial charge in [-0.05, 0) is 24.7 Å². The van der Waals surface area contributed by atoms with Crippen LogP contribution in [0, 0.1) is 17.2 Å². The van der Waals surface area contributed by atoms with E-state index in [0.717, 1.165) is 25.0 Å². The average molecular weight is 155 g/mol. The third-order valence-corrected chi connectivity index (χ3v) is 2.26. The molecule has 0 aliphatic heterocycles. The summed E-state index contributed by atoms with van der Waals surface area (Å²) in [5.41, 5.74) is 0.925. The lowest BCUT2D eigenvalue weighted by atomic mass is 9.91. The lowest BCUT2D eigenvalue weighted by Gasteiger charge is -2.15. The fourth-order valence-electron chi connectivity index (χ4n) is 1.03. The van der Waals surface area contributed by atoms with Crippen LogP contribution < -0.4 is 0 Å². The Morgan fingerprint density at radius 1 is 1.27 bits per heavy atom. The molecule has 0 bridgehead atoms. The van der Waals surface area contributed by atoms with Crippen LogP contribution >= 0.6 is 0 Å². The van der Waals surface area contributed by atoms with E-state index in [1.807, 2.05) is 0 Å². The summed E-state index contributed by atoms with van der Waals surface area (Å²) < 4.78 is 0. The van der Waals surface area contributed by atoms with E-state index in [4.69, 9.17) is 5.41 Å². The predicted octanol–water partition coefficient (Wildman–Crippen LogP) is 3.49. The monoisotopic (exact) mass is 155 g/mol. The second kappa shape index (κ2) is 5.34. The van der Waals surface area contributed by atoms with Crippen molar-refractivity contribution in [1.82, 2.24) is 0 Å². The van der Waals surface area contributed by atoms with E-state index in [2.05, 4.69) is 27.7 Å². The first-order chi connectivity index (χ1) is 5.07. The molecule has 0 aromatic heterocycles. The predicted molar refractivity (Wildman–Crippen MR) is 51.3 cm³/mol. The molecule has 0 aromatic carbocycles. The fraction of sp³-hybridized carbons (Fsp3) is 0.900. The molecule has 0 aliphatic carbocycles. The zero-order valence-electron chi connectivity index (χ0n) is 8.28. The van der Waals surface area contributed by atoms with Gasteiger partial charge in [-0.15, -0.1) is 0 Å². The summed E-state index contributed by atoms with van der Waals surface area (Å²) in [5.74, 6) is 1.39. The van der Waals surface area contributed by atoms with Gasteiger partial charge in [-0.1, -0.05) is 34.1 Å². The van der Waals surface area contributed by atoms with E-state index in [1.165, 1.54) is 0 Å². The lowest BCUT2D eigenvalue weighted by Crippen LogP contribution is -2.09. The number of hydrogen-bond donors (Lipinski definition) is 1. The molecule has 66 valence electrons. The van der Waals surface area contributed by atoms with E-state index in [0.29, 0.717) is 11.8 Å². The third kappa shape index (κ3) is 5.00. The molecule has 0 spiro atoms. The summed E-state index contributed by atoms with van der Waals surface area (Å²) in [5, 5.41) is 7.61. The summed E-state index contributed by atoms with van der Waals surface area (Å²) in [6.45, 7) is 8.82. The van der Waals surface area contributed by atoms with Crippen LogP contribution in [0.15, 0.2) is 0 Å². The van der Waals surface area contributed by atoms with Gasteiger partial charge in [0.25, 0.3) is 0 Å². The van der Waals surface area contributed by atoms with E-state index < -0.39 is 0 Å². The highest BCUT2D eigenvalue weighted by Crippen LogP contribution is 2.15. The number of rotatable bonds is 5. The van der Waals surface area contributed by atoms with Crippen molar-refractivity contribution >= 4 is 5.71 Å². The lowest BCUT2D eigenvalue weighted by molar-refractivity contribution is 0.430. The zero-order chi connectivity index (χ0) is 8.85. The van der Waals surface area contributed by atoms with Crippen molar-refractivity contribution in [3.63, 3.8) is 0 Å². The summed E-state index contributed by atoms with van der Waals surface area (Å²) in [7, 11) is 0. The summed E-state index contributed by atoms with van der Waals surface area (Å²) >= 11 is 0. The van der Waals surface area contributed by atoms with Crippen molar-refractivity contribution in [2.45, 2.75) is 47.0 Å². The topological polar surface area (TPSA) is 23.9 Å². The smallest absolute Gasteiger partial charge is 0.00918 e. The molecule has 0 saturated heterocycles. The van der Waals surface area contributed by atoms with Crippen molar-refractivity contribution in [2.24, 2.45) is 11.8 Å². The van der Waals surface area contributed by atoms with Crippen molar-refractivity contribution in [3.8, 4) is 0 Å². The molecular weight excluding hydrogens is 134 g/mol. The Balaban J connectivity index is 3.57. The minimum absolute atomic E-state index is 0.675. The van der Waals surface area contributed by atoms with Crippen LogP contribution in [0.1, 0.15) is 47.0 Å². The van der Waals surface area contributed by atoms with Gasteiger partial charge in [0.15, 0.2) is 0 Å². The zero-order valence-corrected chi connectivity index (χ0v) is 8.28. The largest absolute Gasteiger partial charge is 0.310 e. The van der Waals surface area contributed by atoms with Gasteiger partial charge >= 0.3 is 0 Å². The van der Waals surface area contributed by atoms with Gasteiger partial charge in [-0.3, -0.25) is 0 Å². The SMILES string of the molecule is CCCC(=N)C[C@@H](C)C(C)C. The fourth-order valence-corrected chi connectivity index (χ4v) is 1.03. The molecule has 0 unspecified atom stereocenters. The summed E-state index contributed by atoms with van der Waals surface area (Å²) in [6, 6.07) is 0. The molecule has 0 aliphatic rings. The number of hydrogen-bond acceptors (Lipinski definition) is 1. The molecule has 11 heavy (non-hydrogen) atoms. The highest BCUT2D eigenvalue weighted by Gasteiger charge is 2.08. The van der Waals surface area contributed by atoms with Gasteiger partial charge in [0.2, 0.25) is 0 Å². The van der Waals surface area contributed by atoms with Crippen LogP contribution in [0.2, 0.25) is 0 Å². The van der Waals surface area contributed by atoms with Gasteiger partial charge < -0.3 is 5.41 Å². The molecular formula is C10H21N. The molecule has 1 N–H and O–H groups in total. The van der Waals surface area contributed by atoms with Crippen molar-refractivity contribution in [2.75, 3.05) is 0 Å². The Kier molecular flexibility index (Phi) is 5.18. The van der Waals surface area contributed by atoms with Crippen molar-refractivity contribution in [1.29, 1.82) is 5.41 Å². The molecule has 0 fully saturated rings. The van der Waals surface area contributed by atoms with E-state index in [-0.39, 0.29) is 0 Å². The highest BCUT2D eigenvalue weighted by atomic mass is 14.4. The van der Waals surface area contributed by atoms with Crippen LogP contribution in [0.5, 0.6) is 0 Å². The van der Waals surface area contributed by atoms with Crippen LogP contribution in [0.3, 0.4) is 0 Å². The second-order valence-corrected chi connectivity index (χ2v) is 3.78. The molecule has 1 heteroatoms. The minimum atomic E-state index is 0.675. The minimum Gasteiger partial charge on any atom is -0.310 e. The van der Waals surface area contributed by atoms with Crippen LogP contribution in [0.4, 0.5) is 0 Å². The van der Waals surface area contributed by atoms with Crippen molar-refractivity contribution < 1.29 is 0 Å². The van der Waals surface area contributed by atoms with Gasteiger partial charge in [0.05, 0.1) is 0 Å². The molecule has 0 aromatic rings. The Labute approximate surface area is 70.7 Å². The maximum Gasteiger partial charge on any atom is 0.00918 e. The van der Waals surface area contributed by atoms with Crippen LogP contribution in [0.25, 0.3) is 0 Å². The standard InChI is InChI=1S/C10H21N/c1-5-6-10(11)7-9(4)8(2)3/h8-9,11H,5-7H2,1-4H3/t9-/m1/s1. The average Bonchev–Trinajstić information content (AvgIpc) is 1.87. The molecule has 1 atom stereocenters. The maximum absolute atomic E-state index is 7.61. The third-order valence-electron chi connectivity index (χ3n) is 2.26. The van der Waals surface area contributed by atoms with Crippen LogP contribution in [-0.4, -0.2) is 5.71 Å². The Hall–Kier alpha value is -0.330. The summed E-state index contributed by atoms with van der Waals surface area (Å²) in [6.07, 6.45) is 3.09. The van der Waals surface area contributed by atoms with Gasteiger partial charge in [0, 0.05) is 5.71 Å². The molecule has 0 saturated carbocycles. The normalized spacial score (nSPS) is 13.5. The highest BCUT2D eigenvalue weighted by molar-refractivity contribution is 5.81. The van der Waals surface area contributed by atoms with Gasteiger partial charge in [0.1, 0.15) is 0 Å². The second-order valence-electron chi connectivity index (χ2n) is 3.78. The first-order valence-electron chi connectivity index (χ1n) is 4.64. The quantitative estimate of drug-likeness (QED) is 0.588. The molecule has 0 radical (unpaired) electrons. The first-order valence-corrected chi connectivity index (χ1v) is 4.64. The molecule has 0 heterocycles. The van der Waals surface area contributed by atoms with Crippen molar-refractivity contribution in [3.05, 3.63) is 0 Å². The Morgan fingerprint density at radius 3 is 2.18 bits per heavy atom. The summed E-state index contributed by atoms with van der Waals surface area (Å²) in [4.78, 5) is 0. The Morgan fingerprint density at radius 2 is 1.82 bits per heavy atom. The molecule has 1 nitrogen and oxygen atoms in total. The molecule has 0 amide bonds. The maximum atomic E-state index is 7.61. The number of nitrogens with one attached hydrogen (secondary N) is 1. The van der Waals surface area contributed by atoms with E-state index in [9.17, 15) is 0 Å². The van der Waals surface area contributed by atoms with Gasteiger partial charge in [-0.25, -0.2) is 0 Å². The molecule has 0 rings (SSSR count). The van der Waals surface area contributed by atoms with E-state index >= 15 is 0 Å². The van der Waals surface area contributed by atoms with Gasteiger partial charge in [-0.2, -0.15) is 0 Å². The Bertz CT molecular complexity index is 116. The first kappa shape index (κ1) is 10.7. The van der Waals surface area contributed by atoms with E-state index in [1.54, 1.807) is 0 Å². The van der Waals surface area contributed by atoms with Crippen LogP contribution in [-0.2, 0) is 0 Å².